The van der Waals surface area contributed by atoms with Crippen molar-refractivity contribution >= 4 is 21.4 Å². The Hall–Kier alpha value is -1.35. The Kier molecular flexibility index (Phi) is 4.48. The number of nitrogen functional groups attached to an aromatic ring is 1. The van der Waals surface area contributed by atoms with Crippen LogP contribution in [0, 0.1) is 0 Å². The molecule has 1 unspecified atom stereocenters. The predicted molar refractivity (Wildman–Crippen MR) is 76.1 cm³/mol. The van der Waals surface area contributed by atoms with E-state index in [0.717, 1.165) is 0 Å². The molecule has 1 aliphatic rings. The molecule has 1 saturated heterocycles. The zero-order valence-corrected chi connectivity index (χ0v) is 12.1. The summed E-state index contributed by atoms with van der Waals surface area (Å²) in [7, 11) is -2.24. The molecule has 20 heavy (non-hydrogen) atoms. The number of benzene rings is 1. The van der Waals surface area contributed by atoms with E-state index < -0.39 is 10.0 Å². The number of aliphatic hydroxyl groups is 1. The first-order valence-electron chi connectivity index (χ1n) is 6.28. The molecule has 1 aromatic carbocycles. The van der Waals surface area contributed by atoms with Gasteiger partial charge < -0.3 is 20.5 Å². The van der Waals surface area contributed by atoms with E-state index in [1.54, 1.807) is 12.1 Å². The van der Waals surface area contributed by atoms with Crippen LogP contribution in [-0.2, 0) is 14.8 Å². The highest BCUT2D eigenvalue weighted by atomic mass is 32.2. The third kappa shape index (κ3) is 3.04. The molecule has 0 aliphatic carbocycles. The van der Waals surface area contributed by atoms with Gasteiger partial charge >= 0.3 is 0 Å². The van der Waals surface area contributed by atoms with Crippen molar-refractivity contribution in [1.29, 1.82) is 0 Å². The molecule has 112 valence electrons. The normalized spacial score (nSPS) is 20.1. The highest BCUT2D eigenvalue weighted by Gasteiger charge is 2.25. The number of rotatable bonds is 4. The van der Waals surface area contributed by atoms with Gasteiger partial charge in [0.2, 0.25) is 10.0 Å². The van der Waals surface area contributed by atoms with Crippen LogP contribution in [0.15, 0.2) is 23.1 Å². The van der Waals surface area contributed by atoms with Crippen molar-refractivity contribution in [3.05, 3.63) is 18.2 Å². The van der Waals surface area contributed by atoms with Gasteiger partial charge in [0.15, 0.2) is 0 Å². The van der Waals surface area contributed by atoms with Crippen molar-refractivity contribution in [3.63, 3.8) is 0 Å². The number of anilines is 2. The molecule has 0 aromatic heterocycles. The minimum Gasteiger partial charge on any atom is -0.399 e. The first-order valence-corrected chi connectivity index (χ1v) is 7.76. The summed E-state index contributed by atoms with van der Waals surface area (Å²) >= 11 is 0. The van der Waals surface area contributed by atoms with Gasteiger partial charge in [0.25, 0.3) is 0 Å². The summed E-state index contributed by atoms with van der Waals surface area (Å²) in [5.74, 6) is 0. The highest BCUT2D eigenvalue weighted by Crippen LogP contribution is 2.28. The topological polar surface area (TPSA) is 105 Å². The minimum atomic E-state index is -3.60. The summed E-state index contributed by atoms with van der Waals surface area (Å²) in [6.45, 7) is 1.34. The summed E-state index contributed by atoms with van der Waals surface area (Å²) < 4.78 is 31.9. The Morgan fingerprint density at radius 1 is 1.55 bits per heavy atom. The number of nitrogens with zero attached hydrogens (tertiary/aromatic N) is 1. The van der Waals surface area contributed by atoms with Crippen LogP contribution in [0.4, 0.5) is 11.4 Å². The lowest BCUT2D eigenvalue weighted by Gasteiger charge is -2.34. The van der Waals surface area contributed by atoms with Gasteiger partial charge in [-0.3, -0.25) is 0 Å². The summed E-state index contributed by atoms with van der Waals surface area (Å²) in [5, 5.41) is 9.17. The molecule has 0 radical (unpaired) electrons. The van der Waals surface area contributed by atoms with Gasteiger partial charge in [0, 0.05) is 18.8 Å². The van der Waals surface area contributed by atoms with Crippen molar-refractivity contribution in [1.82, 2.24) is 4.72 Å². The van der Waals surface area contributed by atoms with Gasteiger partial charge in [-0.1, -0.05) is 0 Å². The molecule has 1 fully saturated rings. The van der Waals surface area contributed by atoms with Gasteiger partial charge in [-0.25, -0.2) is 13.1 Å². The maximum Gasteiger partial charge on any atom is 0.242 e. The van der Waals surface area contributed by atoms with Crippen LogP contribution in [-0.4, -0.2) is 53.0 Å². The lowest BCUT2D eigenvalue weighted by molar-refractivity contribution is 0.00344. The Bertz CT molecular complexity index is 576. The molecule has 2 rings (SSSR count). The molecule has 0 bridgehead atoms. The van der Waals surface area contributed by atoms with Gasteiger partial charge in [-0.15, -0.1) is 0 Å². The van der Waals surface area contributed by atoms with Gasteiger partial charge in [0.1, 0.15) is 4.90 Å². The second kappa shape index (κ2) is 5.96. The maximum absolute atomic E-state index is 12.1. The minimum absolute atomic E-state index is 0.0976. The van der Waals surface area contributed by atoms with E-state index in [9.17, 15) is 13.5 Å². The zero-order chi connectivity index (χ0) is 14.8. The average Bonchev–Trinajstić information content (AvgIpc) is 2.47. The Morgan fingerprint density at radius 2 is 2.30 bits per heavy atom. The second-order valence-corrected chi connectivity index (χ2v) is 6.41. The van der Waals surface area contributed by atoms with E-state index in [2.05, 4.69) is 4.72 Å². The average molecular weight is 301 g/mol. The number of morpholine rings is 1. The van der Waals surface area contributed by atoms with Crippen LogP contribution in [0.3, 0.4) is 0 Å². The molecule has 4 N–H and O–H groups in total. The third-order valence-electron chi connectivity index (χ3n) is 3.23. The Balaban J connectivity index is 2.41. The summed E-state index contributed by atoms with van der Waals surface area (Å²) in [4.78, 5) is 2.02. The van der Waals surface area contributed by atoms with E-state index in [0.29, 0.717) is 31.1 Å². The first kappa shape index (κ1) is 15.0. The largest absolute Gasteiger partial charge is 0.399 e. The maximum atomic E-state index is 12.1. The van der Waals surface area contributed by atoms with Crippen molar-refractivity contribution < 1.29 is 18.3 Å². The SMILES string of the molecule is CNS(=O)(=O)c1cc(N)ccc1N1CCOC(CO)C1. The molecular weight excluding hydrogens is 282 g/mol. The van der Waals surface area contributed by atoms with Crippen molar-refractivity contribution in [2.45, 2.75) is 11.0 Å². The molecule has 0 saturated carbocycles. The van der Waals surface area contributed by atoms with Gasteiger partial charge in [-0.05, 0) is 25.2 Å². The summed E-state index contributed by atoms with van der Waals surface area (Å²) in [5.41, 5.74) is 6.64. The molecule has 0 amide bonds. The predicted octanol–water partition coefficient (Wildman–Crippen LogP) is -0.626. The van der Waals surface area contributed by atoms with Crippen LogP contribution >= 0.6 is 0 Å². The molecule has 7 nitrogen and oxygen atoms in total. The van der Waals surface area contributed by atoms with E-state index in [1.165, 1.54) is 13.1 Å². The van der Waals surface area contributed by atoms with E-state index in [4.69, 9.17) is 10.5 Å². The number of hydrogen-bond donors (Lipinski definition) is 3. The van der Waals surface area contributed by atoms with Crippen LogP contribution in [0.25, 0.3) is 0 Å². The number of aliphatic hydroxyl groups excluding tert-OH is 1. The van der Waals surface area contributed by atoms with Gasteiger partial charge in [-0.2, -0.15) is 0 Å². The van der Waals surface area contributed by atoms with E-state index in [-0.39, 0.29) is 17.6 Å². The molecule has 1 aromatic rings. The smallest absolute Gasteiger partial charge is 0.242 e. The van der Waals surface area contributed by atoms with Crippen LogP contribution in [0.5, 0.6) is 0 Å². The van der Waals surface area contributed by atoms with Crippen LogP contribution in [0.1, 0.15) is 0 Å². The summed E-state index contributed by atoms with van der Waals surface area (Å²) in [6, 6.07) is 4.78. The van der Waals surface area contributed by atoms with Crippen LogP contribution in [0.2, 0.25) is 0 Å². The van der Waals surface area contributed by atoms with Crippen LogP contribution < -0.4 is 15.4 Å². The molecule has 1 heterocycles. The number of nitrogens with one attached hydrogen (secondary N) is 1. The molecular formula is C12H19N3O4S. The highest BCUT2D eigenvalue weighted by molar-refractivity contribution is 7.89. The first-order chi connectivity index (χ1) is 9.47. The summed E-state index contributed by atoms with van der Waals surface area (Å²) in [6.07, 6.45) is -0.313. The Labute approximate surface area is 118 Å². The number of nitrogens with two attached hydrogens (primary N) is 1. The Morgan fingerprint density at radius 3 is 2.95 bits per heavy atom. The lowest BCUT2D eigenvalue weighted by atomic mass is 10.2. The molecule has 8 heteroatoms. The molecule has 0 spiro atoms. The quantitative estimate of drug-likeness (QED) is 0.640. The molecule has 1 atom stereocenters. The zero-order valence-electron chi connectivity index (χ0n) is 11.2. The van der Waals surface area contributed by atoms with Gasteiger partial charge in [0.05, 0.1) is 25.0 Å². The fourth-order valence-electron chi connectivity index (χ4n) is 2.17. The number of hydrogen-bond acceptors (Lipinski definition) is 6. The van der Waals surface area contributed by atoms with Crippen molar-refractivity contribution in [3.8, 4) is 0 Å². The standard InChI is InChI=1S/C12H19N3O4S/c1-14-20(17,18)12-6-9(13)2-3-11(12)15-4-5-19-10(7-15)8-16/h2-3,6,10,14,16H,4-5,7-8,13H2,1H3. The fraction of sp³-hybridized carbons (Fsp3) is 0.500. The molecule has 1 aliphatic heterocycles. The van der Waals surface area contributed by atoms with Crippen molar-refractivity contribution in [2.75, 3.05) is 44.0 Å². The monoisotopic (exact) mass is 301 g/mol. The third-order valence-corrected chi connectivity index (χ3v) is 4.67. The lowest BCUT2D eigenvalue weighted by Crippen LogP contribution is -2.44. The second-order valence-electron chi connectivity index (χ2n) is 4.56. The van der Waals surface area contributed by atoms with Crippen molar-refractivity contribution in [2.24, 2.45) is 0 Å². The fourth-order valence-corrected chi connectivity index (χ4v) is 3.15. The number of sulfonamides is 1. The number of ether oxygens (including phenoxy) is 1. The van der Waals surface area contributed by atoms with E-state index >= 15 is 0 Å². The van der Waals surface area contributed by atoms with E-state index in [1.807, 2.05) is 4.90 Å².